The van der Waals surface area contributed by atoms with Gasteiger partial charge >= 0.3 is 0 Å². The zero-order valence-corrected chi connectivity index (χ0v) is 13.2. The summed E-state index contributed by atoms with van der Waals surface area (Å²) in [6, 6.07) is 4.03. The third-order valence-electron chi connectivity index (χ3n) is 5.02. The van der Waals surface area contributed by atoms with Crippen LogP contribution in [0.5, 0.6) is 0 Å². The van der Waals surface area contributed by atoms with Gasteiger partial charge in [-0.1, -0.05) is 6.08 Å². The second kappa shape index (κ2) is 6.26. The molecule has 1 atom stereocenters. The molecule has 3 heterocycles. The highest BCUT2D eigenvalue weighted by Gasteiger charge is 2.47. The molecule has 0 N–H and O–H groups in total. The summed E-state index contributed by atoms with van der Waals surface area (Å²) in [6.07, 6.45) is 5.39. The summed E-state index contributed by atoms with van der Waals surface area (Å²) in [5.41, 5.74) is -0.212. The standard InChI is InChI=1S/C17H24N2O3/c1-3-8-19-14(2)17(22-13-16(19)20)6-9-18(10-7-17)12-15-5-4-11-21-15/h3-5,11,14H,1,6-10,12-13H2,2H3. The van der Waals surface area contributed by atoms with Crippen LogP contribution in [0.3, 0.4) is 0 Å². The second-order valence-electron chi connectivity index (χ2n) is 6.22. The Morgan fingerprint density at radius 3 is 2.86 bits per heavy atom. The quantitative estimate of drug-likeness (QED) is 0.799. The topological polar surface area (TPSA) is 45.9 Å². The molecule has 2 aliphatic heterocycles. The van der Waals surface area contributed by atoms with E-state index in [2.05, 4.69) is 18.4 Å². The molecular formula is C17H24N2O3. The number of morpholine rings is 1. The molecule has 22 heavy (non-hydrogen) atoms. The number of furan rings is 1. The number of amides is 1. The van der Waals surface area contributed by atoms with Gasteiger partial charge in [0.25, 0.3) is 0 Å². The van der Waals surface area contributed by atoms with Crippen molar-refractivity contribution in [1.82, 2.24) is 9.80 Å². The SMILES string of the molecule is C=CCN1C(=O)COC2(CCN(Cc3ccco3)CC2)C1C. The maximum absolute atomic E-state index is 12.0. The Kier molecular flexibility index (Phi) is 4.36. The van der Waals surface area contributed by atoms with E-state index in [1.54, 1.807) is 12.3 Å². The fourth-order valence-corrected chi connectivity index (χ4v) is 3.58. The van der Waals surface area contributed by atoms with Crippen LogP contribution in [-0.4, -0.2) is 53.6 Å². The van der Waals surface area contributed by atoms with E-state index < -0.39 is 0 Å². The minimum atomic E-state index is -0.212. The van der Waals surface area contributed by atoms with Gasteiger partial charge in [0.2, 0.25) is 5.91 Å². The van der Waals surface area contributed by atoms with Crippen molar-refractivity contribution in [1.29, 1.82) is 0 Å². The van der Waals surface area contributed by atoms with Crippen molar-refractivity contribution in [2.24, 2.45) is 0 Å². The first-order valence-corrected chi connectivity index (χ1v) is 7.94. The number of hydrogen-bond donors (Lipinski definition) is 0. The minimum Gasteiger partial charge on any atom is -0.468 e. The Labute approximate surface area is 131 Å². The summed E-state index contributed by atoms with van der Waals surface area (Å²) < 4.78 is 11.4. The fourth-order valence-electron chi connectivity index (χ4n) is 3.58. The normalized spacial score (nSPS) is 25.6. The maximum Gasteiger partial charge on any atom is 0.249 e. The largest absolute Gasteiger partial charge is 0.468 e. The zero-order chi connectivity index (χ0) is 15.6. The molecule has 2 aliphatic rings. The first-order chi connectivity index (χ1) is 10.6. The van der Waals surface area contributed by atoms with Gasteiger partial charge in [-0.2, -0.15) is 0 Å². The summed E-state index contributed by atoms with van der Waals surface area (Å²) >= 11 is 0. The number of hydrogen-bond acceptors (Lipinski definition) is 4. The lowest BCUT2D eigenvalue weighted by atomic mass is 9.82. The summed E-state index contributed by atoms with van der Waals surface area (Å²) in [5, 5.41) is 0. The number of carbonyl (C=O) groups excluding carboxylic acids is 1. The van der Waals surface area contributed by atoms with Crippen molar-refractivity contribution in [3.63, 3.8) is 0 Å². The molecule has 0 radical (unpaired) electrons. The molecule has 1 aromatic heterocycles. The minimum absolute atomic E-state index is 0.0658. The highest BCUT2D eigenvalue weighted by atomic mass is 16.5. The molecule has 5 nitrogen and oxygen atoms in total. The fraction of sp³-hybridized carbons (Fsp3) is 0.588. The summed E-state index contributed by atoms with van der Waals surface area (Å²) in [5.74, 6) is 1.06. The van der Waals surface area contributed by atoms with Gasteiger partial charge in [-0.15, -0.1) is 6.58 Å². The molecule has 120 valence electrons. The third-order valence-corrected chi connectivity index (χ3v) is 5.02. The lowest BCUT2D eigenvalue weighted by Crippen LogP contribution is -2.63. The van der Waals surface area contributed by atoms with Crippen LogP contribution in [0, 0.1) is 0 Å². The Balaban J connectivity index is 1.63. The van der Waals surface area contributed by atoms with Crippen LogP contribution in [0.4, 0.5) is 0 Å². The van der Waals surface area contributed by atoms with Gasteiger partial charge in [0.15, 0.2) is 0 Å². The van der Waals surface area contributed by atoms with Crippen molar-refractivity contribution < 1.29 is 13.9 Å². The lowest BCUT2D eigenvalue weighted by Gasteiger charge is -2.51. The van der Waals surface area contributed by atoms with E-state index in [1.807, 2.05) is 17.0 Å². The highest BCUT2D eigenvalue weighted by molar-refractivity contribution is 5.79. The van der Waals surface area contributed by atoms with Crippen molar-refractivity contribution in [2.75, 3.05) is 26.2 Å². The monoisotopic (exact) mass is 304 g/mol. The van der Waals surface area contributed by atoms with Crippen molar-refractivity contribution in [3.05, 3.63) is 36.8 Å². The smallest absolute Gasteiger partial charge is 0.249 e. The highest BCUT2D eigenvalue weighted by Crippen LogP contribution is 2.35. The van der Waals surface area contributed by atoms with E-state index >= 15 is 0 Å². The number of carbonyl (C=O) groups is 1. The molecule has 5 heteroatoms. The number of rotatable bonds is 4. The van der Waals surface area contributed by atoms with Crippen molar-refractivity contribution in [3.8, 4) is 0 Å². The molecule has 0 bridgehead atoms. The predicted octanol–water partition coefficient (Wildman–Crippen LogP) is 2.05. The molecule has 3 rings (SSSR count). The van der Waals surface area contributed by atoms with Gasteiger partial charge in [-0.3, -0.25) is 9.69 Å². The van der Waals surface area contributed by atoms with E-state index in [0.717, 1.165) is 38.2 Å². The molecule has 0 saturated carbocycles. The predicted molar refractivity (Wildman–Crippen MR) is 83.3 cm³/mol. The molecular weight excluding hydrogens is 280 g/mol. The zero-order valence-electron chi connectivity index (χ0n) is 13.2. The molecule has 1 aromatic rings. The second-order valence-corrected chi connectivity index (χ2v) is 6.22. The van der Waals surface area contributed by atoms with Gasteiger partial charge in [0.05, 0.1) is 24.5 Å². The summed E-state index contributed by atoms with van der Waals surface area (Å²) in [6.45, 7) is 9.41. The van der Waals surface area contributed by atoms with Crippen LogP contribution in [0.1, 0.15) is 25.5 Å². The average molecular weight is 304 g/mol. The van der Waals surface area contributed by atoms with Gasteiger partial charge in [0, 0.05) is 19.6 Å². The average Bonchev–Trinajstić information content (AvgIpc) is 3.03. The number of ether oxygens (including phenoxy) is 1. The van der Waals surface area contributed by atoms with E-state index in [4.69, 9.17) is 9.15 Å². The Morgan fingerprint density at radius 2 is 2.23 bits per heavy atom. The first-order valence-electron chi connectivity index (χ1n) is 7.94. The van der Waals surface area contributed by atoms with Crippen LogP contribution in [0.15, 0.2) is 35.5 Å². The van der Waals surface area contributed by atoms with Crippen LogP contribution >= 0.6 is 0 Å². The van der Waals surface area contributed by atoms with E-state index in [9.17, 15) is 4.79 Å². The third kappa shape index (κ3) is 2.83. The summed E-state index contributed by atoms with van der Waals surface area (Å²) in [7, 11) is 0. The first kappa shape index (κ1) is 15.3. The van der Waals surface area contributed by atoms with Crippen LogP contribution in [0.25, 0.3) is 0 Å². The number of piperidine rings is 1. The molecule has 0 aliphatic carbocycles. The summed E-state index contributed by atoms with van der Waals surface area (Å²) in [4.78, 5) is 16.3. The van der Waals surface area contributed by atoms with Gasteiger partial charge in [-0.05, 0) is 31.9 Å². The maximum atomic E-state index is 12.0. The molecule has 0 aromatic carbocycles. The Hall–Kier alpha value is -1.59. The molecule has 2 saturated heterocycles. The van der Waals surface area contributed by atoms with Gasteiger partial charge < -0.3 is 14.1 Å². The Bertz CT molecular complexity index is 518. The molecule has 1 amide bonds. The number of nitrogens with zero attached hydrogens (tertiary/aromatic N) is 2. The van der Waals surface area contributed by atoms with Gasteiger partial charge in [-0.25, -0.2) is 0 Å². The van der Waals surface area contributed by atoms with Crippen LogP contribution in [-0.2, 0) is 16.1 Å². The van der Waals surface area contributed by atoms with Crippen molar-refractivity contribution >= 4 is 5.91 Å². The van der Waals surface area contributed by atoms with E-state index in [1.165, 1.54) is 0 Å². The van der Waals surface area contributed by atoms with E-state index in [0.29, 0.717) is 6.54 Å². The van der Waals surface area contributed by atoms with E-state index in [-0.39, 0.29) is 24.2 Å². The lowest BCUT2D eigenvalue weighted by molar-refractivity contribution is -0.185. The van der Waals surface area contributed by atoms with Gasteiger partial charge in [0.1, 0.15) is 12.4 Å². The van der Waals surface area contributed by atoms with Crippen LogP contribution < -0.4 is 0 Å². The molecule has 2 fully saturated rings. The Morgan fingerprint density at radius 1 is 1.45 bits per heavy atom. The van der Waals surface area contributed by atoms with Crippen LogP contribution in [0.2, 0.25) is 0 Å². The molecule has 1 spiro atoms. The van der Waals surface area contributed by atoms with Crippen molar-refractivity contribution in [2.45, 2.75) is 38.0 Å². The number of likely N-dealkylation sites (tertiary alicyclic amines) is 1. The molecule has 1 unspecified atom stereocenters.